The first-order valence-electron chi connectivity index (χ1n) is 6.31. The Bertz CT molecular complexity index is 497. The number of hydrogen-bond acceptors (Lipinski definition) is 2. The van der Waals surface area contributed by atoms with Crippen LogP contribution >= 0.6 is 15.9 Å². The van der Waals surface area contributed by atoms with Gasteiger partial charge in [-0.1, -0.05) is 34.5 Å². The second-order valence-electron chi connectivity index (χ2n) is 4.88. The maximum Gasteiger partial charge on any atom is 0.319 e. The molecular weight excluding hydrogens is 310 g/mol. The number of hydrogen-bond donors (Lipinski definition) is 2. The fourth-order valence-corrected chi connectivity index (χ4v) is 2.70. The Labute approximate surface area is 120 Å². The number of benzene rings is 1. The first kappa shape index (κ1) is 14.1. The zero-order valence-electron chi connectivity index (χ0n) is 10.5. The van der Waals surface area contributed by atoms with Crippen LogP contribution in [0.4, 0.5) is 0 Å². The van der Waals surface area contributed by atoms with Gasteiger partial charge >= 0.3 is 5.97 Å². The molecule has 102 valence electrons. The highest BCUT2D eigenvalue weighted by atomic mass is 79.9. The van der Waals surface area contributed by atoms with Gasteiger partial charge in [-0.25, -0.2) is 0 Å². The molecular formula is C14H16BrNO3. The standard InChI is InChI=1S/C14H16BrNO3/c15-11-4-1-3-10(9-11)5-8-16-12(17)14(13(18)19)6-2-7-14/h1,3-4,9H,2,5-8H2,(H,16,17)(H,18,19). The van der Waals surface area contributed by atoms with Crippen molar-refractivity contribution < 1.29 is 14.7 Å². The molecule has 0 heterocycles. The van der Waals surface area contributed by atoms with E-state index in [4.69, 9.17) is 5.11 Å². The summed E-state index contributed by atoms with van der Waals surface area (Å²) in [5, 5.41) is 11.9. The fraction of sp³-hybridized carbons (Fsp3) is 0.429. The molecule has 0 atom stereocenters. The molecule has 0 aromatic heterocycles. The minimum atomic E-state index is -1.17. The summed E-state index contributed by atoms with van der Waals surface area (Å²) in [6, 6.07) is 7.84. The number of halogens is 1. The van der Waals surface area contributed by atoms with Crippen LogP contribution in [0.25, 0.3) is 0 Å². The van der Waals surface area contributed by atoms with Crippen LogP contribution in [0.15, 0.2) is 28.7 Å². The van der Waals surface area contributed by atoms with Gasteiger partial charge in [0.25, 0.3) is 0 Å². The number of carboxylic acid groups (broad SMARTS) is 1. The molecule has 0 saturated heterocycles. The Morgan fingerprint density at radius 3 is 2.63 bits per heavy atom. The number of carboxylic acids is 1. The lowest BCUT2D eigenvalue weighted by molar-refractivity contribution is -0.162. The number of amides is 1. The second-order valence-corrected chi connectivity index (χ2v) is 5.79. The van der Waals surface area contributed by atoms with Gasteiger partial charge in [0.1, 0.15) is 5.41 Å². The minimum Gasteiger partial charge on any atom is -0.480 e. The first-order chi connectivity index (χ1) is 9.04. The summed E-state index contributed by atoms with van der Waals surface area (Å²) in [6.07, 6.45) is 2.41. The Morgan fingerprint density at radius 2 is 2.11 bits per heavy atom. The molecule has 1 aromatic carbocycles. The van der Waals surface area contributed by atoms with Crippen molar-refractivity contribution >= 4 is 27.8 Å². The lowest BCUT2D eigenvalue weighted by Gasteiger charge is -2.35. The topological polar surface area (TPSA) is 66.4 Å². The molecule has 0 unspecified atom stereocenters. The summed E-state index contributed by atoms with van der Waals surface area (Å²) in [6.45, 7) is 0.463. The minimum absolute atomic E-state index is 0.346. The molecule has 1 aliphatic rings. The van der Waals surface area contributed by atoms with Gasteiger partial charge in [-0.3, -0.25) is 9.59 Å². The Balaban J connectivity index is 1.86. The molecule has 19 heavy (non-hydrogen) atoms. The smallest absolute Gasteiger partial charge is 0.319 e. The van der Waals surface area contributed by atoms with E-state index in [2.05, 4.69) is 21.2 Å². The van der Waals surface area contributed by atoms with Crippen molar-refractivity contribution in [2.24, 2.45) is 5.41 Å². The summed E-state index contributed by atoms with van der Waals surface area (Å²) < 4.78 is 0.998. The van der Waals surface area contributed by atoms with Gasteiger partial charge in [0.2, 0.25) is 5.91 Å². The molecule has 5 heteroatoms. The van der Waals surface area contributed by atoms with Gasteiger partial charge < -0.3 is 10.4 Å². The van der Waals surface area contributed by atoms with Crippen LogP contribution < -0.4 is 5.32 Å². The molecule has 4 nitrogen and oxygen atoms in total. The molecule has 2 rings (SSSR count). The van der Waals surface area contributed by atoms with Crippen molar-refractivity contribution in [2.45, 2.75) is 25.7 Å². The molecule has 1 aliphatic carbocycles. The summed E-state index contributed by atoms with van der Waals surface area (Å²) in [5.41, 5.74) is -0.0651. The van der Waals surface area contributed by atoms with Crippen LogP contribution in [-0.2, 0) is 16.0 Å². The molecule has 2 N–H and O–H groups in total. The highest BCUT2D eigenvalue weighted by Crippen LogP contribution is 2.41. The first-order valence-corrected chi connectivity index (χ1v) is 7.10. The Morgan fingerprint density at radius 1 is 1.37 bits per heavy atom. The second kappa shape index (κ2) is 5.74. The quantitative estimate of drug-likeness (QED) is 0.817. The average Bonchev–Trinajstić information content (AvgIpc) is 2.26. The van der Waals surface area contributed by atoms with Gasteiger partial charge in [0.05, 0.1) is 0 Å². The lowest BCUT2D eigenvalue weighted by atomic mass is 9.68. The molecule has 0 radical (unpaired) electrons. The van der Waals surface area contributed by atoms with Crippen LogP contribution in [0.1, 0.15) is 24.8 Å². The number of carbonyl (C=O) groups is 2. The van der Waals surface area contributed by atoms with Crippen LogP contribution in [-0.4, -0.2) is 23.5 Å². The van der Waals surface area contributed by atoms with E-state index in [0.717, 1.165) is 16.5 Å². The van der Waals surface area contributed by atoms with E-state index in [9.17, 15) is 9.59 Å². The predicted octanol–water partition coefficient (Wildman–Crippen LogP) is 2.36. The third-order valence-electron chi connectivity index (χ3n) is 3.64. The maximum absolute atomic E-state index is 11.9. The van der Waals surface area contributed by atoms with Crippen LogP contribution in [0.3, 0.4) is 0 Å². The molecule has 1 fully saturated rings. The van der Waals surface area contributed by atoms with Crippen molar-refractivity contribution in [3.8, 4) is 0 Å². The van der Waals surface area contributed by atoms with Crippen molar-refractivity contribution in [1.29, 1.82) is 0 Å². The summed E-state index contributed by atoms with van der Waals surface area (Å²) in [5.74, 6) is -1.35. The van der Waals surface area contributed by atoms with E-state index < -0.39 is 11.4 Å². The SMILES string of the molecule is O=C(O)C1(C(=O)NCCc2cccc(Br)c2)CCC1. The summed E-state index contributed by atoms with van der Waals surface area (Å²) in [7, 11) is 0. The summed E-state index contributed by atoms with van der Waals surface area (Å²) >= 11 is 3.39. The number of aliphatic carboxylic acids is 1. The van der Waals surface area contributed by atoms with E-state index in [-0.39, 0.29) is 5.91 Å². The molecule has 1 saturated carbocycles. The largest absolute Gasteiger partial charge is 0.480 e. The average molecular weight is 326 g/mol. The third-order valence-corrected chi connectivity index (χ3v) is 4.13. The zero-order chi connectivity index (χ0) is 13.9. The maximum atomic E-state index is 11.9. The molecule has 1 aromatic rings. The van der Waals surface area contributed by atoms with E-state index in [1.165, 1.54) is 0 Å². The van der Waals surface area contributed by atoms with Gasteiger partial charge in [0, 0.05) is 11.0 Å². The zero-order valence-corrected chi connectivity index (χ0v) is 12.1. The normalized spacial score (nSPS) is 16.5. The fourth-order valence-electron chi connectivity index (χ4n) is 2.25. The Kier molecular flexibility index (Phi) is 4.24. The van der Waals surface area contributed by atoms with Crippen molar-refractivity contribution in [3.63, 3.8) is 0 Å². The number of carbonyl (C=O) groups excluding carboxylic acids is 1. The van der Waals surface area contributed by atoms with E-state index in [0.29, 0.717) is 25.8 Å². The van der Waals surface area contributed by atoms with E-state index in [1.807, 2.05) is 24.3 Å². The predicted molar refractivity (Wildman–Crippen MR) is 74.8 cm³/mol. The van der Waals surface area contributed by atoms with Gasteiger partial charge in [0.15, 0.2) is 0 Å². The molecule has 0 bridgehead atoms. The molecule has 0 aliphatic heterocycles. The summed E-state index contributed by atoms with van der Waals surface area (Å²) in [4.78, 5) is 23.1. The van der Waals surface area contributed by atoms with Crippen molar-refractivity contribution in [3.05, 3.63) is 34.3 Å². The highest BCUT2D eigenvalue weighted by molar-refractivity contribution is 9.10. The third kappa shape index (κ3) is 2.97. The Hall–Kier alpha value is -1.36. The van der Waals surface area contributed by atoms with Crippen molar-refractivity contribution in [2.75, 3.05) is 6.54 Å². The van der Waals surface area contributed by atoms with E-state index >= 15 is 0 Å². The van der Waals surface area contributed by atoms with E-state index in [1.54, 1.807) is 0 Å². The number of rotatable bonds is 5. The number of nitrogens with one attached hydrogen (secondary N) is 1. The molecule has 1 amide bonds. The van der Waals surface area contributed by atoms with Crippen LogP contribution in [0.5, 0.6) is 0 Å². The van der Waals surface area contributed by atoms with Crippen LogP contribution in [0, 0.1) is 5.41 Å². The lowest BCUT2D eigenvalue weighted by Crippen LogP contribution is -2.51. The highest BCUT2D eigenvalue weighted by Gasteiger charge is 2.50. The van der Waals surface area contributed by atoms with Crippen molar-refractivity contribution in [1.82, 2.24) is 5.32 Å². The van der Waals surface area contributed by atoms with Gasteiger partial charge in [-0.05, 0) is 37.0 Å². The molecule has 0 spiro atoms. The van der Waals surface area contributed by atoms with Gasteiger partial charge in [-0.2, -0.15) is 0 Å². The van der Waals surface area contributed by atoms with Gasteiger partial charge in [-0.15, -0.1) is 0 Å². The monoisotopic (exact) mass is 325 g/mol. The van der Waals surface area contributed by atoms with Crippen LogP contribution in [0.2, 0.25) is 0 Å².